The maximum Gasteiger partial charge on any atom is 0.373 e. The standard InChI is InChI=1S/C12H14O5/c1-11(2)6-12(11,10(14)15)8-5-4-7(17-8)9(13)16-3/h4-5H,6H2,1-3H3,(H,14,15). The summed E-state index contributed by atoms with van der Waals surface area (Å²) in [4.78, 5) is 22.6. The molecule has 0 saturated heterocycles. The van der Waals surface area contributed by atoms with Crippen LogP contribution in [0.15, 0.2) is 16.5 Å². The van der Waals surface area contributed by atoms with Crippen molar-refractivity contribution in [1.29, 1.82) is 0 Å². The molecule has 0 radical (unpaired) electrons. The van der Waals surface area contributed by atoms with Gasteiger partial charge in [0.25, 0.3) is 0 Å². The lowest BCUT2D eigenvalue weighted by atomic mass is 9.93. The highest BCUT2D eigenvalue weighted by atomic mass is 16.5. The Morgan fingerprint density at radius 1 is 1.41 bits per heavy atom. The number of esters is 1. The Balaban J connectivity index is 2.38. The largest absolute Gasteiger partial charge is 0.480 e. The van der Waals surface area contributed by atoms with Gasteiger partial charge in [0.1, 0.15) is 11.2 Å². The molecule has 1 heterocycles. The molecule has 2 rings (SSSR count). The molecule has 1 unspecified atom stereocenters. The Morgan fingerprint density at radius 3 is 2.41 bits per heavy atom. The third-order valence-electron chi connectivity index (χ3n) is 3.52. The van der Waals surface area contributed by atoms with E-state index >= 15 is 0 Å². The van der Waals surface area contributed by atoms with Crippen LogP contribution in [0.1, 0.15) is 36.6 Å². The SMILES string of the molecule is COC(=O)c1ccc(C2(C(=O)O)CC2(C)C)o1. The molecule has 0 aromatic carbocycles. The van der Waals surface area contributed by atoms with Crippen molar-refractivity contribution >= 4 is 11.9 Å². The van der Waals surface area contributed by atoms with E-state index in [9.17, 15) is 14.7 Å². The second kappa shape index (κ2) is 3.35. The fourth-order valence-electron chi connectivity index (χ4n) is 2.29. The summed E-state index contributed by atoms with van der Waals surface area (Å²) >= 11 is 0. The van der Waals surface area contributed by atoms with Crippen molar-refractivity contribution in [3.63, 3.8) is 0 Å². The number of ether oxygens (including phenoxy) is 1. The molecule has 92 valence electrons. The summed E-state index contributed by atoms with van der Waals surface area (Å²) < 4.78 is 9.82. The number of hydrogen-bond donors (Lipinski definition) is 1. The van der Waals surface area contributed by atoms with Gasteiger partial charge < -0.3 is 14.3 Å². The Morgan fingerprint density at radius 2 is 2.00 bits per heavy atom. The Labute approximate surface area is 98.4 Å². The monoisotopic (exact) mass is 238 g/mol. The van der Waals surface area contributed by atoms with Crippen molar-refractivity contribution in [3.8, 4) is 0 Å². The molecule has 1 aromatic heterocycles. The number of hydrogen-bond acceptors (Lipinski definition) is 4. The Bertz CT molecular complexity index is 485. The summed E-state index contributed by atoms with van der Waals surface area (Å²) in [5.41, 5.74) is -1.37. The zero-order chi connectivity index (χ0) is 12.8. The summed E-state index contributed by atoms with van der Waals surface area (Å²) in [5.74, 6) is -1.18. The molecule has 0 bridgehead atoms. The van der Waals surface area contributed by atoms with Gasteiger partial charge in [-0.25, -0.2) is 4.79 Å². The minimum atomic E-state index is -1.01. The van der Waals surface area contributed by atoms with Gasteiger partial charge in [0.15, 0.2) is 0 Å². The zero-order valence-electron chi connectivity index (χ0n) is 9.94. The average Bonchev–Trinajstić information content (AvgIpc) is 2.66. The van der Waals surface area contributed by atoms with E-state index in [1.807, 2.05) is 13.8 Å². The summed E-state index contributed by atoms with van der Waals surface area (Å²) in [6.45, 7) is 3.73. The van der Waals surface area contributed by atoms with E-state index < -0.39 is 17.4 Å². The van der Waals surface area contributed by atoms with Crippen LogP contribution in [0.5, 0.6) is 0 Å². The number of furan rings is 1. The molecule has 1 saturated carbocycles. The molecule has 17 heavy (non-hydrogen) atoms. The summed E-state index contributed by atoms with van der Waals surface area (Å²) in [6.07, 6.45) is 0.503. The van der Waals surface area contributed by atoms with Gasteiger partial charge in [-0.15, -0.1) is 0 Å². The summed E-state index contributed by atoms with van der Waals surface area (Å²) in [7, 11) is 1.25. The lowest BCUT2D eigenvalue weighted by molar-refractivity contribution is -0.141. The van der Waals surface area contributed by atoms with E-state index in [0.29, 0.717) is 12.2 Å². The predicted molar refractivity (Wildman–Crippen MR) is 57.8 cm³/mol. The van der Waals surface area contributed by atoms with Gasteiger partial charge in [0.2, 0.25) is 5.76 Å². The van der Waals surface area contributed by atoms with Gasteiger partial charge in [-0.2, -0.15) is 0 Å². The minimum Gasteiger partial charge on any atom is -0.480 e. The van der Waals surface area contributed by atoms with Crippen LogP contribution in [-0.4, -0.2) is 24.2 Å². The van der Waals surface area contributed by atoms with Gasteiger partial charge in [0.05, 0.1) is 7.11 Å². The van der Waals surface area contributed by atoms with Crippen LogP contribution in [0.4, 0.5) is 0 Å². The molecular weight excluding hydrogens is 224 g/mol. The number of carboxylic acids is 1. The predicted octanol–water partition coefficient (Wildman–Crippen LogP) is 1.82. The highest BCUT2D eigenvalue weighted by Gasteiger charge is 2.70. The molecule has 0 spiro atoms. The molecular formula is C12H14O5. The third kappa shape index (κ3) is 1.45. The van der Waals surface area contributed by atoms with Crippen molar-refractivity contribution in [2.24, 2.45) is 5.41 Å². The van der Waals surface area contributed by atoms with Gasteiger partial charge >= 0.3 is 11.9 Å². The maximum absolute atomic E-state index is 11.4. The first-order valence-electron chi connectivity index (χ1n) is 5.27. The van der Waals surface area contributed by atoms with Gasteiger partial charge in [-0.3, -0.25) is 4.79 Å². The van der Waals surface area contributed by atoms with Crippen LogP contribution in [0.25, 0.3) is 0 Å². The van der Waals surface area contributed by atoms with Crippen molar-refractivity contribution < 1.29 is 23.8 Å². The van der Waals surface area contributed by atoms with E-state index in [-0.39, 0.29) is 11.2 Å². The smallest absolute Gasteiger partial charge is 0.373 e. The van der Waals surface area contributed by atoms with Crippen molar-refractivity contribution in [1.82, 2.24) is 0 Å². The number of aliphatic carboxylic acids is 1. The lowest BCUT2D eigenvalue weighted by Gasteiger charge is -2.12. The normalized spacial score (nSPS) is 25.4. The molecule has 5 nitrogen and oxygen atoms in total. The molecule has 1 aliphatic rings. The third-order valence-corrected chi connectivity index (χ3v) is 3.52. The van der Waals surface area contributed by atoms with Gasteiger partial charge in [-0.1, -0.05) is 13.8 Å². The topological polar surface area (TPSA) is 76.7 Å². The van der Waals surface area contributed by atoms with Crippen molar-refractivity contribution in [2.75, 3.05) is 7.11 Å². The van der Waals surface area contributed by atoms with Crippen LogP contribution < -0.4 is 0 Å². The van der Waals surface area contributed by atoms with E-state index in [1.165, 1.54) is 19.2 Å². The number of rotatable bonds is 3. The maximum atomic E-state index is 11.4. The molecule has 1 N–H and O–H groups in total. The quantitative estimate of drug-likeness (QED) is 0.813. The lowest BCUT2D eigenvalue weighted by Crippen LogP contribution is -2.24. The summed E-state index contributed by atoms with van der Waals surface area (Å²) in [6, 6.07) is 2.98. The van der Waals surface area contributed by atoms with E-state index in [4.69, 9.17) is 4.42 Å². The molecule has 1 atom stereocenters. The molecule has 1 fully saturated rings. The molecule has 0 amide bonds. The van der Waals surface area contributed by atoms with Gasteiger partial charge in [-0.05, 0) is 24.0 Å². The Hall–Kier alpha value is -1.78. The molecule has 0 aliphatic heterocycles. The van der Waals surface area contributed by atoms with E-state index in [2.05, 4.69) is 4.74 Å². The van der Waals surface area contributed by atoms with E-state index in [1.54, 1.807) is 0 Å². The first-order chi connectivity index (χ1) is 7.85. The van der Waals surface area contributed by atoms with Gasteiger partial charge in [0, 0.05) is 0 Å². The molecule has 5 heteroatoms. The van der Waals surface area contributed by atoms with Crippen LogP contribution in [0.3, 0.4) is 0 Å². The molecule has 1 aliphatic carbocycles. The second-order valence-corrected chi connectivity index (χ2v) is 4.93. The highest BCUT2D eigenvalue weighted by Crippen LogP contribution is 2.64. The zero-order valence-corrected chi connectivity index (χ0v) is 9.94. The second-order valence-electron chi connectivity index (χ2n) is 4.93. The number of carbonyl (C=O) groups excluding carboxylic acids is 1. The number of carbonyl (C=O) groups is 2. The van der Waals surface area contributed by atoms with Crippen molar-refractivity contribution in [2.45, 2.75) is 25.7 Å². The first kappa shape index (κ1) is 11.7. The fourth-order valence-corrected chi connectivity index (χ4v) is 2.29. The Kier molecular flexibility index (Phi) is 2.31. The van der Waals surface area contributed by atoms with Crippen LogP contribution >= 0.6 is 0 Å². The minimum absolute atomic E-state index is 0.0332. The first-order valence-corrected chi connectivity index (χ1v) is 5.27. The highest BCUT2D eigenvalue weighted by molar-refractivity contribution is 5.88. The average molecular weight is 238 g/mol. The van der Waals surface area contributed by atoms with Crippen molar-refractivity contribution in [3.05, 3.63) is 23.7 Å². The summed E-state index contributed by atoms with van der Waals surface area (Å²) in [5, 5.41) is 9.32. The van der Waals surface area contributed by atoms with E-state index in [0.717, 1.165) is 0 Å². The molecule has 1 aromatic rings. The van der Waals surface area contributed by atoms with Crippen LogP contribution in [0.2, 0.25) is 0 Å². The fraction of sp³-hybridized carbons (Fsp3) is 0.500. The number of carboxylic acid groups (broad SMARTS) is 1. The number of methoxy groups -OCH3 is 1. The van der Waals surface area contributed by atoms with Crippen LogP contribution in [-0.2, 0) is 14.9 Å². The van der Waals surface area contributed by atoms with Crippen LogP contribution in [0, 0.1) is 5.41 Å².